The third-order valence-corrected chi connectivity index (χ3v) is 2.16. The molecular formula is C7H9F2N5. The van der Waals surface area contributed by atoms with Gasteiger partial charge in [0.2, 0.25) is 11.9 Å². The summed E-state index contributed by atoms with van der Waals surface area (Å²) in [5.74, 6) is 0.128. The van der Waals surface area contributed by atoms with Crippen molar-refractivity contribution in [3.63, 3.8) is 0 Å². The number of nitrogens with one attached hydrogen (secondary N) is 1. The van der Waals surface area contributed by atoms with E-state index in [9.17, 15) is 8.78 Å². The Morgan fingerprint density at radius 1 is 1.43 bits per heavy atom. The lowest BCUT2D eigenvalue weighted by molar-refractivity contribution is 0.113. The monoisotopic (exact) mass is 201 g/mol. The van der Waals surface area contributed by atoms with Gasteiger partial charge >= 0.3 is 0 Å². The molecule has 0 spiro atoms. The van der Waals surface area contributed by atoms with E-state index in [2.05, 4.69) is 20.3 Å². The first-order valence-electron chi connectivity index (χ1n) is 4.13. The third kappa shape index (κ3) is 1.57. The average molecular weight is 201 g/mol. The van der Waals surface area contributed by atoms with E-state index in [0.29, 0.717) is 12.8 Å². The van der Waals surface area contributed by atoms with Crippen molar-refractivity contribution in [2.24, 2.45) is 0 Å². The van der Waals surface area contributed by atoms with Crippen LogP contribution in [0.1, 0.15) is 12.8 Å². The fourth-order valence-electron chi connectivity index (χ4n) is 1.12. The van der Waals surface area contributed by atoms with Gasteiger partial charge in [0.25, 0.3) is 6.43 Å². The number of anilines is 2. The molecule has 1 fully saturated rings. The molecule has 76 valence electrons. The maximum absolute atomic E-state index is 12.5. The molecule has 1 saturated carbocycles. The normalized spacial score (nSPS) is 18.2. The molecule has 7 heteroatoms. The molecule has 0 aromatic carbocycles. The van der Waals surface area contributed by atoms with Gasteiger partial charge < -0.3 is 11.1 Å². The number of halogens is 2. The van der Waals surface area contributed by atoms with Gasteiger partial charge in [0.15, 0.2) is 0 Å². The standard InChI is InChI=1S/C7H9F2N5/c8-4(9)7(1-2-7)14-6-12-3-11-5(10)13-6/h3-4H,1-2H2,(H3,10,11,12,13,14). The Hall–Kier alpha value is -1.53. The zero-order valence-electron chi connectivity index (χ0n) is 7.24. The molecule has 1 aromatic rings. The molecule has 1 heterocycles. The molecule has 0 amide bonds. The maximum atomic E-state index is 12.5. The van der Waals surface area contributed by atoms with Crippen LogP contribution < -0.4 is 11.1 Å². The van der Waals surface area contributed by atoms with E-state index in [4.69, 9.17) is 5.73 Å². The van der Waals surface area contributed by atoms with Gasteiger partial charge in [-0.15, -0.1) is 0 Å². The number of alkyl halides is 2. The predicted molar refractivity (Wildman–Crippen MR) is 45.8 cm³/mol. The fraction of sp³-hybridized carbons (Fsp3) is 0.571. The second kappa shape index (κ2) is 3.00. The summed E-state index contributed by atoms with van der Waals surface area (Å²) in [6, 6.07) is 0. The Kier molecular flexibility index (Phi) is 1.94. The van der Waals surface area contributed by atoms with Crippen LogP contribution in [0, 0.1) is 0 Å². The van der Waals surface area contributed by atoms with Gasteiger partial charge in [-0.1, -0.05) is 0 Å². The van der Waals surface area contributed by atoms with Crippen molar-refractivity contribution in [3.8, 4) is 0 Å². The SMILES string of the molecule is Nc1ncnc(NC2(C(F)F)CC2)n1. The number of nitrogen functional groups attached to an aromatic ring is 1. The van der Waals surface area contributed by atoms with E-state index in [1.54, 1.807) is 0 Å². The number of nitrogens with two attached hydrogens (primary N) is 1. The van der Waals surface area contributed by atoms with Crippen LogP contribution in [-0.4, -0.2) is 26.9 Å². The topological polar surface area (TPSA) is 76.7 Å². The van der Waals surface area contributed by atoms with Gasteiger partial charge in [0, 0.05) is 0 Å². The summed E-state index contributed by atoms with van der Waals surface area (Å²) in [5.41, 5.74) is 4.14. The van der Waals surface area contributed by atoms with Crippen LogP contribution >= 0.6 is 0 Å². The molecule has 5 nitrogen and oxygen atoms in total. The number of nitrogens with zero attached hydrogens (tertiary/aromatic N) is 3. The second-order valence-corrected chi connectivity index (χ2v) is 3.25. The van der Waals surface area contributed by atoms with E-state index < -0.39 is 12.0 Å². The lowest BCUT2D eigenvalue weighted by Crippen LogP contribution is -2.31. The molecule has 0 aliphatic heterocycles. The summed E-state index contributed by atoms with van der Waals surface area (Å²) in [7, 11) is 0. The highest BCUT2D eigenvalue weighted by molar-refractivity contribution is 5.36. The first-order valence-corrected chi connectivity index (χ1v) is 4.13. The molecular weight excluding hydrogens is 192 g/mol. The van der Waals surface area contributed by atoms with Crippen LogP contribution in [0.4, 0.5) is 20.7 Å². The molecule has 2 rings (SSSR count). The van der Waals surface area contributed by atoms with Crippen molar-refractivity contribution < 1.29 is 8.78 Å². The lowest BCUT2D eigenvalue weighted by atomic mass is 10.3. The number of hydrogen-bond acceptors (Lipinski definition) is 5. The van der Waals surface area contributed by atoms with Crippen molar-refractivity contribution in [3.05, 3.63) is 6.33 Å². The average Bonchev–Trinajstić information content (AvgIpc) is 2.85. The van der Waals surface area contributed by atoms with Gasteiger partial charge in [0.1, 0.15) is 11.9 Å². The summed E-state index contributed by atoms with van der Waals surface area (Å²) in [6.45, 7) is 0. The molecule has 0 atom stereocenters. The number of rotatable bonds is 3. The highest BCUT2D eigenvalue weighted by Crippen LogP contribution is 2.43. The van der Waals surface area contributed by atoms with E-state index in [0.717, 1.165) is 0 Å². The molecule has 1 aliphatic carbocycles. The van der Waals surface area contributed by atoms with Gasteiger partial charge in [-0.05, 0) is 12.8 Å². The number of aromatic nitrogens is 3. The van der Waals surface area contributed by atoms with Crippen LogP contribution in [-0.2, 0) is 0 Å². The van der Waals surface area contributed by atoms with Gasteiger partial charge in [0.05, 0.1) is 0 Å². The van der Waals surface area contributed by atoms with Crippen LogP contribution in [0.3, 0.4) is 0 Å². The maximum Gasteiger partial charge on any atom is 0.261 e. The molecule has 3 N–H and O–H groups in total. The summed E-state index contributed by atoms with van der Waals surface area (Å²) in [6.07, 6.45) is -0.376. The highest BCUT2D eigenvalue weighted by atomic mass is 19.3. The van der Waals surface area contributed by atoms with Gasteiger partial charge in [-0.3, -0.25) is 0 Å². The van der Waals surface area contributed by atoms with Crippen LogP contribution in [0.2, 0.25) is 0 Å². The lowest BCUT2D eigenvalue weighted by Gasteiger charge is -2.15. The molecule has 14 heavy (non-hydrogen) atoms. The minimum atomic E-state index is -2.42. The zero-order chi connectivity index (χ0) is 10.2. The molecule has 0 saturated heterocycles. The Morgan fingerprint density at radius 2 is 2.14 bits per heavy atom. The summed E-state index contributed by atoms with van der Waals surface area (Å²) in [5, 5.41) is 2.58. The quantitative estimate of drug-likeness (QED) is 0.751. The minimum Gasteiger partial charge on any atom is -0.368 e. The fourth-order valence-corrected chi connectivity index (χ4v) is 1.12. The van der Waals surface area contributed by atoms with Crippen LogP contribution in [0.5, 0.6) is 0 Å². The summed E-state index contributed by atoms with van der Waals surface area (Å²) < 4.78 is 25.0. The Bertz CT molecular complexity index is 339. The molecule has 0 unspecified atom stereocenters. The van der Waals surface area contributed by atoms with Crippen molar-refractivity contribution >= 4 is 11.9 Å². The van der Waals surface area contributed by atoms with Gasteiger partial charge in [-0.2, -0.15) is 4.98 Å². The first-order chi connectivity index (χ1) is 6.62. The minimum absolute atomic E-state index is 0.0209. The van der Waals surface area contributed by atoms with E-state index in [1.807, 2.05) is 0 Å². The summed E-state index contributed by atoms with van der Waals surface area (Å²) in [4.78, 5) is 11.0. The van der Waals surface area contributed by atoms with Crippen molar-refractivity contribution in [1.82, 2.24) is 15.0 Å². The summed E-state index contributed by atoms with van der Waals surface area (Å²) >= 11 is 0. The molecule has 0 radical (unpaired) electrons. The second-order valence-electron chi connectivity index (χ2n) is 3.25. The van der Waals surface area contributed by atoms with Crippen molar-refractivity contribution in [2.75, 3.05) is 11.1 Å². The van der Waals surface area contributed by atoms with E-state index in [-0.39, 0.29) is 11.9 Å². The first kappa shape index (κ1) is 9.04. The predicted octanol–water partition coefficient (Wildman–Crippen LogP) is 0.663. The smallest absolute Gasteiger partial charge is 0.261 e. The highest BCUT2D eigenvalue weighted by Gasteiger charge is 2.51. The van der Waals surface area contributed by atoms with Crippen LogP contribution in [0.25, 0.3) is 0 Å². The Morgan fingerprint density at radius 3 is 2.64 bits per heavy atom. The third-order valence-electron chi connectivity index (χ3n) is 2.16. The zero-order valence-corrected chi connectivity index (χ0v) is 7.24. The van der Waals surface area contributed by atoms with E-state index in [1.165, 1.54) is 6.33 Å². The molecule has 1 aromatic heterocycles. The van der Waals surface area contributed by atoms with Crippen molar-refractivity contribution in [2.45, 2.75) is 24.8 Å². The molecule has 0 bridgehead atoms. The van der Waals surface area contributed by atoms with Gasteiger partial charge in [-0.25, -0.2) is 18.7 Å². The largest absolute Gasteiger partial charge is 0.368 e. The Balaban J connectivity index is 2.11. The van der Waals surface area contributed by atoms with E-state index >= 15 is 0 Å². The number of hydrogen-bond donors (Lipinski definition) is 2. The van der Waals surface area contributed by atoms with Crippen molar-refractivity contribution in [1.29, 1.82) is 0 Å². The Labute approximate surface area is 78.8 Å². The molecule has 1 aliphatic rings. The van der Waals surface area contributed by atoms with Crippen LogP contribution in [0.15, 0.2) is 6.33 Å².